The number of ether oxygens (including phenoxy) is 1. The summed E-state index contributed by atoms with van der Waals surface area (Å²) < 4.78 is 6.09. The molecule has 3 rings (SSSR count). The maximum Gasteiger partial charge on any atom is 0.338 e. The maximum absolute atomic E-state index is 12.2. The fourth-order valence-electron chi connectivity index (χ4n) is 2.29. The van der Waals surface area contributed by atoms with E-state index in [0.29, 0.717) is 23.5 Å². The number of hydrogen-bond acceptors (Lipinski definition) is 6. The molecule has 0 saturated heterocycles. The number of hydrogen-bond donors (Lipinski definition) is 1. The summed E-state index contributed by atoms with van der Waals surface area (Å²) in [6.07, 6.45) is 5.01. The molecule has 0 fully saturated rings. The molecule has 0 atom stereocenters. The third-order valence-corrected chi connectivity index (χ3v) is 4.14. The summed E-state index contributed by atoms with van der Waals surface area (Å²) >= 11 is 3.43. The quantitative estimate of drug-likeness (QED) is 0.524. The summed E-state index contributed by atoms with van der Waals surface area (Å²) in [5.74, 6) is 0.0668. The molecular weight excluding hydrogens is 384 g/mol. The topological polar surface area (TPSA) is 87.9 Å². The van der Waals surface area contributed by atoms with Crippen LogP contribution in [0, 0.1) is 11.3 Å². The Morgan fingerprint density at radius 2 is 2.20 bits per heavy atom. The molecule has 0 bridgehead atoms. The Labute approximate surface area is 152 Å². The van der Waals surface area contributed by atoms with Crippen LogP contribution in [-0.2, 0) is 4.74 Å². The fraction of sp³-hybridized carbons (Fsp3) is 0.111. The first-order valence-corrected chi connectivity index (χ1v) is 8.27. The fourth-order valence-corrected chi connectivity index (χ4v) is 2.75. The number of nitrogens with zero attached hydrogens (tertiary/aromatic N) is 3. The first-order chi connectivity index (χ1) is 12.2. The van der Waals surface area contributed by atoms with E-state index in [2.05, 4.69) is 37.3 Å². The van der Waals surface area contributed by atoms with E-state index in [1.165, 1.54) is 0 Å². The Hall–Kier alpha value is -2.98. The van der Waals surface area contributed by atoms with Crippen molar-refractivity contribution in [2.45, 2.75) is 0 Å². The lowest BCUT2D eigenvalue weighted by Crippen LogP contribution is -2.15. The van der Waals surface area contributed by atoms with Gasteiger partial charge in [-0.15, -0.1) is 0 Å². The SMILES string of the molecule is N#Cc1cccnc1NCCOC(=O)c1ccc2cncc(Br)c2c1. The van der Waals surface area contributed by atoms with Crippen LogP contribution in [0.3, 0.4) is 0 Å². The van der Waals surface area contributed by atoms with E-state index in [0.717, 1.165) is 15.2 Å². The van der Waals surface area contributed by atoms with E-state index in [9.17, 15) is 4.79 Å². The minimum atomic E-state index is -0.408. The van der Waals surface area contributed by atoms with Crippen LogP contribution in [-0.4, -0.2) is 29.1 Å². The van der Waals surface area contributed by atoms with Crippen molar-refractivity contribution in [3.8, 4) is 6.07 Å². The molecule has 1 N–H and O–H groups in total. The average Bonchev–Trinajstić information content (AvgIpc) is 2.65. The van der Waals surface area contributed by atoms with Gasteiger partial charge < -0.3 is 10.1 Å². The molecular formula is C18H13BrN4O2. The van der Waals surface area contributed by atoms with E-state index in [4.69, 9.17) is 10.00 Å². The lowest BCUT2D eigenvalue weighted by molar-refractivity contribution is 0.0521. The average molecular weight is 397 g/mol. The molecule has 1 aromatic carbocycles. The third kappa shape index (κ3) is 3.92. The van der Waals surface area contributed by atoms with E-state index < -0.39 is 5.97 Å². The van der Waals surface area contributed by atoms with Gasteiger partial charge >= 0.3 is 5.97 Å². The standard InChI is InChI=1S/C18H13BrN4O2/c19-16-11-21-10-14-4-3-12(8-15(14)16)18(24)25-7-6-23-17-13(9-20)2-1-5-22-17/h1-5,8,10-11H,6-7H2,(H,22,23). The van der Waals surface area contributed by atoms with Crippen LogP contribution in [0.5, 0.6) is 0 Å². The number of benzene rings is 1. The van der Waals surface area contributed by atoms with E-state index in [-0.39, 0.29) is 6.61 Å². The van der Waals surface area contributed by atoms with Crippen LogP contribution >= 0.6 is 15.9 Å². The minimum absolute atomic E-state index is 0.163. The van der Waals surface area contributed by atoms with E-state index >= 15 is 0 Å². The van der Waals surface area contributed by atoms with Crippen LogP contribution in [0.4, 0.5) is 5.82 Å². The molecule has 25 heavy (non-hydrogen) atoms. The highest BCUT2D eigenvalue weighted by atomic mass is 79.9. The highest BCUT2D eigenvalue weighted by Gasteiger charge is 2.09. The Balaban J connectivity index is 1.60. The zero-order valence-electron chi connectivity index (χ0n) is 13.1. The zero-order valence-corrected chi connectivity index (χ0v) is 14.7. The molecule has 0 radical (unpaired) electrons. The number of fused-ring (bicyclic) bond motifs is 1. The first-order valence-electron chi connectivity index (χ1n) is 7.48. The highest BCUT2D eigenvalue weighted by Crippen LogP contribution is 2.23. The largest absolute Gasteiger partial charge is 0.460 e. The second kappa shape index (κ2) is 7.73. The summed E-state index contributed by atoms with van der Waals surface area (Å²) in [4.78, 5) is 20.4. The van der Waals surface area contributed by atoms with Gasteiger partial charge in [-0.05, 0) is 45.6 Å². The molecule has 0 aliphatic rings. The molecule has 3 aromatic rings. The maximum atomic E-state index is 12.2. The Kier molecular flexibility index (Phi) is 5.21. The molecule has 0 amide bonds. The summed E-state index contributed by atoms with van der Waals surface area (Å²) in [6.45, 7) is 0.522. The first kappa shape index (κ1) is 16.9. The molecule has 7 heteroatoms. The monoisotopic (exact) mass is 396 g/mol. The lowest BCUT2D eigenvalue weighted by atomic mass is 10.1. The van der Waals surface area contributed by atoms with E-state index in [1.807, 2.05) is 6.07 Å². The lowest BCUT2D eigenvalue weighted by Gasteiger charge is -2.08. The second-order valence-electron chi connectivity index (χ2n) is 5.13. The van der Waals surface area contributed by atoms with Crippen molar-refractivity contribution in [3.05, 3.63) is 64.5 Å². The molecule has 2 aromatic heterocycles. The van der Waals surface area contributed by atoms with Crippen molar-refractivity contribution in [2.75, 3.05) is 18.5 Å². The number of pyridine rings is 2. The summed E-state index contributed by atoms with van der Waals surface area (Å²) in [5, 5.41) is 13.8. The van der Waals surface area contributed by atoms with Crippen LogP contribution < -0.4 is 5.32 Å². The Bertz CT molecular complexity index is 969. The number of esters is 1. The molecule has 0 saturated carbocycles. The number of rotatable bonds is 5. The third-order valence-electron chi connectivity index (χ3n) is 3.50. The Morgan fingerprint density at radius 3 is 3.04 bits per heavy atom. The van der Waals surface area contributed by atoms with Gasteiger partial charge in [0.2, 0.25) is 0 Å². The molecule has 2 heterocycles. The molecule has 0 aliphatic heterocycles. The number of nitrogens with one attached hydrogen (secondary N) is 1. The smallest absolute Gasteiger partial charge is 0.338 e. The number of carbonyl (C=O) groups excluding carboxylic acids is 1. The van der Waals surface area contributed by atoms with Crippen molar-refractivity contribution < 1.29 is 9.53 Å². The highest BCUT2D eigenvalue weighted by molar-refractivity contribution is 9.10. The Morgan fingerprint density at radius 1 is 1.32 bits per heavy atom. The number of aromatic nitrogens is 2. The van der Waals surface area contributed by atoms with Gasteiger partial charge in [0.25, 0.3) is 0 Å². The van der Waals surface area contributed by atoms with Gasteiger partial charge in [-0.3, -0.25) is 4.98 Å². The van der Waals surface area contributed by atoms with Crippen LogP contribution in [0.15, 0.2) is 53.4 Å². The van der Waals surface area contributed by atoms with Gasteiger partial charge in [0.1, 0.15) is 18.5 Å². The van der Waals surface area contributed by atoms with Crippen molar-refractivity contribution in [1.29, 1.82) is 5.26 Å². The molecule has 0 unspecified atom stereocenters. The van der Waals surface area contributed by atoms with Crippen molar-refractivity contribution >= 4 is 38.5 Å². The second-order valence-corrected chi connectivity index (χ2v) is 5.99. The summed E-state index contributed by atoms with van der Waals surface area (Å²) in [5.41, 5.74) is 0.914. The van der Waals surface area contributed by atoms with Crippen LogP contribution in [0.2, 0.25) is 0 Å². The van der Waals surface area contributed by atoms with Gasteiger partial charge in [-0.25, -0.2) is 9.78 Å². The predicted octanol–water partition coefficient (Wildman–Crippen LogP) is 3.53. The molecule has 124 valence electrons. The summed E-state index contributed by atoms with van der Waals surface area (Å²) in [7, 11) is 0. The number of nitriles is 1. The van der Waals surface area contributed by atoms with Gasteiger partial charge in [-0.2, -0.15) is 5.26 Å². The van der Waals surface area contributed by atoms with Gasteiger partial charge in [0, 0.05) is 28.4 Å². The van der Waals surface area contributed by atoms with Gasteiger partial charge in [-0.1, -0.05) is 6.07 Å². The van der Waals surface area contributed by atoms with E-state index in [1.54, 1.807) is 42.9 Å². The van der Waals surface area contributed by atoms with Gasteiger partial charge in [0.15, 0.2) is 0 Å². The van der Waals surface area contributed by atoms with Crippen LogP contribution in [0.1, 0.15) is 15.9 Å². The van der Waals surface area contributed by atoms with Crippen LogP contribution in [0.25, 0.3) is 10.8 Å². The molecule has 0 aliphatic carbocycles. The predicted molar refractivity (Wildman–Crippen MR) is 97.2 cm³/mol. The van der Waals surface area contributed by atoms with Crippen molar-refractivity contribution in [2.24, 2.45) is 0 Å². The minimum Gasteiger partial charge on any atom is -0.460 e. The molecule has 0 spiro atoms. The molecule has 6 nitrogen and oxygen atoms in total. The zero-order chi connectivity index (χ0) is 17.6. The van der Waals surface area contributed by atoms with Crippen molar-refractivity contribution in [1.82, 2.24) is 9.97 Å². The number of anilines is 1. The van der Waals surface area contributed by atoms with Crippen molar-refractivity contribution in [3.63, 3.8) is 0 Å². The number of halogens is 1. The summed E-state index contributed by atoms with van der Waals surface area (Å²) in [6, 6.07) is 10.7. The normalized spacial score (nSPS) is 10.2. The number of carbonyl (C=O) groups is 1. The van der Waals surface area contributed by atoms with Gasteiger partial charge in [0.05, 0.1) is 17.7 Å².